The van der Waals surface area contributed by atoms with E-state index in [2.05, 4.69) is 10.2 Å². The summed E-state index contributed by atoms with van der Waals surface area (Å²) in [7, 11) is 0. The lowest BCUT2D eigenvalue weighted by molar-refractivity contribution is 0.0917. The summed E-state index contributed by atoms with van der Waals surface area (Å²) in [5.74, 6) is -0.514. The van der Waals surface area contributed by atoms with Gasteiger partial charge in [0.05, 0.1) is 12.1 Å². The number of hydrogen-bond acceptors (Lipinski definition) is 3. The highest BCUT2D eigenvalue weighted by atomic mass is 19.1. The molecule has 1 aliphatic rings. The summed E-state index contributed by atoms with van der Waals surface area (Å²) >= 11 is 0. The van der Waals surface area contributed by atoms with Crippen molar-refractivity contribution >= 4 is 5.78 Å². The van der Waals surface area contributed by atoms with Crippen molar-refractivity contribution in [2.24, 2.45) is 0 Å². The molecule has 1 heterocycles. The molecule has 1 aromatic rings. The number of ketones is 1. The summed E-state index contributed by atoms with van der Waals surface area (Å²) < 4.78 is 13.9. The van der Waals surface area contributed by atoms with Gasteiger partial charge in [0.15, 0.2) is 5.78 Å². The quantitative estimate of drug-likeness (QED) is 0.826. The molecule has 4 heteroatoms. The highest BCUT2D eigenvalue weighted by Gasteiger charge is 2.19. The zero-order chi connectivity index (χ0) is 13.1. The Kier molecular flexibility index (Phi) is 4.09. The van der Waals surface area contributed by atoms with E-state index in [1.165, 1.54) is 6.07 Å². The van der Waals surface area contributed by atoms with E-state index in [1.807, 2.05) is 13.0 Å². The van der Waals surface area contributed by atoms with Crippen molar-refractivity contribution in [2.45, 2.75) is 13.8 Å². The van der Waals surface area contributed by atoms with Gasteiger partial charge in [0, 0.05) is 26.2 Å². The molecule has 1 N–H and O–H groups in total. The second-order valence-corrected chi connectivity index (χ2v) is 4.89. The summed E-state index contributed by atoms with van der Waals surface area (Å²) in [6.45, 7) is 7.41. The molecule has 0 unspecified atom stereocenters. The number of carbonyl (C=O) groups is 1. The second-order valence-electron chi connectivity index (χ2n) is 4.89. The third kappa shape index (κ3) is 2.94. The van der Waals surface area contributed by atoms with Crippen molar-refractivity contribution in [1.29, 1.82) is 0 Å². The largest absolute Gasteiger partial charge is 0.314 e. The molecule has 1 aromatic carbocycles. The molecular weight excluding hydrogens is 231 g/mol. The lowest BCUT2D eigenvalue weighted by atomic mass is 10.0. The van der Waals surface area contributed by atoms with Crippen LogP contribution in [0.15, 0.2) is 12.1 Å². The van der Waals surface area contributed by atoms with Crippen LogP contribution in [0.2, 0.25) is 0 Å². The number of piperazine rings is 1. The fraction of sp³-hybridized carbons (Fsp3) is 0.500. The number of carbonyl (C=O) groups excluding carboxylic acids is 1. The molecule has 18 heavy (non-hydrogen) atoms. The van der Waals surface area contributed by atoms with Crippen LogP contribution in [0.4, 0.5) is 4.39 Å². The Morgan fingerprint density at radius 2 is 2.00 bits per heavy atom. The second kappa shape index (κ2) is 5.59. The Balaban J connectivity index is 2.13. The number of Topliss-reactive ketones (excluding diaryl/α,β-unsaturated/α-hetero) is 1. The summed E-state index contributed by atoms with van der Waals surface area (Å²) in [6.07, 6.45) is 0. The van der Waals surface area contributed by atoms with Gasteiger partial charge in [0.1, 0.15) is 5.82 Å². The zero-order valence-electron chi connectivity index (χ0n) is 10.9. The number of halogens is 1. The Morgan fingerprint density at radius 3 is 2.61 bits per heavy atom. The van der Waals surface area contributed by atoms with E-state index in [0.717, 1.165) is 37.3 Å². The molecule has 1 aliphatic heterocycles. The maximum Gasteiger partial charge on any atom is 0.180 e. The van der Waals surface area contributed by atoms with Crippen molar-refractivity contribution in [3.05, 3.63) is 34.6 Å². The van der Waals surface area contributed by atoms with Crippen molar-refractivity contribution in [2.75, 3.05) is 32.7 Å². The highest BCUT2D eigenvalue weighted by Crippen LogP contribution is 2.16. The van der Waals surface area contributed by atoms with Crippen LogP contribution >= 0.6 is 0 Å². The van der Waals surface area contributed by atoms with Gasteiger partial charge in [-0.05, 0) is 31.0 Å². The van der Waals surface area contributed by atoms with Gasteiger partial charge in [-0.1, -0.05) is 6.07 Å². The van der Waals surface area contributed by atoms with Gasteiger partial charge in [-0.25, -0.2) is 4.39 Å². The monoisotopic (exact) mass is 250 g/mol. The third-order valence-corrected chi connectivity index (χ3v) is 3.29. The van der Waals surface area contributed by atoms with Gasteiger partial charge >= 0.3 is 0 Å². The van der Waals surface area contributed by atoms with E-state index >= 15 is 0 Å². The lowest BCUT2D eigenvalue weighted by Crippen LogP contribution is -2.45. The normalized spacial score (nSPS) is 16.8. The van der Waals surface area contributed by atoms with Gasteiger partial charge < -0.3 is 5.32 Å². The van der Waals surface area contributed by atoms with Gasteiger partial charge in [-0.2, -0.15) is 0 Å². The number of aryl methyl sites for hydroxylation is 2. The molecule has 2 rings (SSSR count). The molecule has 0 atom stereocenters. The molecular formula is C14H19FN2O. The Hall–Kier alpha value is -1.26. The van der Waals surface area contributed by atoms with E-state index in [1.54, 1.807) is 6.92 Å². The Morgan fingerprint density at radius 1 is 1.33 bits per heavy atom. The lowest BCUT2D eigenvalue weighted by Gasteiger charge is -2.26. The van der Waals surface area contributed by atoms with Gasteiger partial charge in [0.25, 0.3) is 0 Å². The molecule has 0 radical (unpaired) electrons. The van der Waals surface area contributed by atoms with Crippen LogP contribution in [0.25, 0.3) is 0 Å². The maximum atomic E-state index is 13.9. The molecule has 98 valence electrons. The van der Waals surface area contributed by atoms with Crippen LogP contribution in [0.1, 0.15) is 21.5 Å². The molecule has 0 saturated carbocycles. The summed E-state index contributed by atoms with van der Waals surface area (Å²) in [5, 5.41) is 3.23. The number of nitrogens with zero attached hydrogens (tertiary/aromatic N) is 1. The topological polar surface area (TPSA) is 32.3 Å². The predicted octanol–water partition coefficient (Wildman–Crippen LogP) is 1.53. The molecule has 0 bridgehead atoms. The summed E-state index contributed by atoms with van der Waals surface area (Å²) in [5.41, 5.74) is 1.83. The van der Waals surface area contributed by atoms with Crippen LogP contribution in [-0.2, 0) is 0 Å². The molecule has 0 amide bonds. The van der Waals surface area contributed by atoms with E-state index in [4.69, 9.17) is 0 Å². The van der Waals surface area contributed by atoms with Crippen molar-refractivity contribution in [1.82, 2.24) is 10.2 Å². The predicted molar refractivity (Wildman–Crippen MR) is 69.5 cm³/mol. The molecule has 3 nitrogen and oxygen atoms in total. The molecule has 1 saturated heterocycles. The van der Waals surface area contributed by atoms with Gasteiger partial charge in [-0.15, -0.1) is 0 Å². The van der Waals surface area contributed by atoms with Crippen LogP contribution in [0, 0.1) is 19.7 Å². The van der Waals surface area contributed by atoms with E-state index < -0.39 is 5.82 Å². The number of hydrogen-bond donors (Lipinski definition) is 1. The first kappa shape index (κ1) is 13.2. The minimum atomic E-state index is -0.396. The fourth-order valence-corrected chi connectivity index (χ4v) is 2.42. The highest BCUT2D eigenvalue weighted by molar-refractivity contribution is 5.99. The van der Waals surface area contributed by atoms with Crippen LogP contribution < -0.4 is 5.32 Å². The first-order chi connectivity index (χ1) is 8.58. The third-order valence-electron chi connectivity index (χ3n) is 3.29. The molecule has 0 spiro atoms. The molecule has 0 aromatic heterocycles. The number of nitrogens with one attached hydrogen (secondary N) is 1. The van der Waals surface area contributed by atoms with E-state index in [-0.39, 0.29) is 11.3 Å². The molecule has 0 aliphatic carbocycles. The SMILES string of the molecule is Cc1cc(C)c(C(=O)CN2CCNCC2)c(F)c1. The Labute approximate surface area is 107 Å². The Bertz CT molecular complexity index is 430. The smallest absolute Gasteiger partial charge is 0.180 e. The summed E-state index contributed by atoms with van der Waals surface area (Å²) in [4.78, 5) is 14.2. The number of rotatable bonds is 3. The number of benzene rings is 1. The van der Waals surface area contributed by atoms with Crippen LogP contribution in [0.3, 0.4) is 0 Å². The van der Waals surface area contributed by atoms with Gasteiger partial charge in [-0.3, -0.25) is 9.69 Å². The minimum absolute atomic E-state index is 0.119. The average Bonchev–Trinajstić information content (AvgIpc) is 2.28. The standard InChI is InChI=1S/C14H19FN2O/c1-10-7-11(2)14(12(15)8-10)13(18)9-17-5-3-16-4-6-17/h7-8,16H,3-6,9H2,1-2H3. The van der Waals surface area contributed by atoms with Crippen molar-refractivity contribution in [3.63, 3.8) is 0 Å². The minimum Gasteiger partial charge on any atom is -0.314 e. The van der Waals surface area contributed by atoms with Crippen molar-refractivity contribution < 1.29 is 9.18 Å². The first-order valence-electron chi connectivity index (χ1n) is 6.31. The average molecular weight is 250 g/mol. The fourth-order valence-electron chi connectivity index (χ4n) is 2.42. The van der Waals surface area contributed by atoms with E-state index in [0.29, 0.717) is 6.54 Å². The maximum absolute atomic E-state index is 13.9. The van der Waals surface area contributed by atoms with E-state index in [9.17, 15) is 9.18 Å². The summed E-state index contributed by atoms with van der Waals surface area (Å²) in [6, 6.07) is 3.28. The van der Waals surface area contributed by atoms with Gasteiger partial charge in [0.2, 0.25) is 0 Å². The van der Waals surface area contributed by atoms with Crippen LogP contribution in [0.5, 0.6) is 0 Å². The first-order valence-corrected chi connectivity index (χ1v) is 6.31. The van der Waals surface area contributed by atoms with Crippen LogP contribution in [-0.4, -0.2) is 43.4 Å². The molecule has 1 fully saturated rings. The zero-order valence-corrected chi connectivity index (χ0v) is 10.9. The van der Waals surface area contributed by atoms with Crippen molar-refractivity contribution in [3.8, 4) is 0 Å².